The summed E-state index contributed by atoms with van der Waals surface area (Å²) < 4.78 is 7.65. The lowest BCUT2D eigenvalue weighted by Gasteiger charge is -2.04. The smallest absolute Gasteiger partial charge is 0.193 e. The fourth-order valence-corrected chi connectivity index (χ4v) is 2.51. The molecule has 0 radical (unpaired) electrons. The van der Waals surface area contributed by atoms with Gasteiger partial charge in [-0.1, -0.05) is 0 Å². The lowest BCUT2D eigenvalue weighted by atomic mass is 10.3. The maximum absolute atomic E-state index is 5.66. The minimum Gasteiger partial charge on any atom is -0.486 e. The van der Waals surface area contributed by atoms with E-state index in [9.17, 15) is 0 Å². The summed E-state index contributed by atoms with van der Waals surface area (Å²) in [4.78, 5) is 9.72. The van der Waals surface area contributed by atoms with Crippen molar-refractivity contribution in [1.29, 1.82) is 0 Å². The van der Waals surface area contributed by atoms with E-state index in [-0.39, 0.29) is 0 Å². The highest BCUT2D eigenvalue weighted by Gasteiger charge is 2.03. The summed E-state index contributed by atoms with van der Waals surface area (Å²) in [5, 5.41) is 2.01. The van der Waals surface area contributed by atoms with E-state index in [0.717, 1.165) is 28.5 Å². The molecule has 6 heteroatoms. The molecule has 98 valence electrons. The molecule has 2 N–H and O–H groups in total. The normalized spacial score (nSPS) is 11.0. The van der Waals surface area contributed by atoms with E-state index in [0.29, 0.717) is 13.2 Å². The van der Waals surface area contributed by atoms with E-state index in [1.807, 2.05) is 34.3 Å². The molecule has 5 nitrogen and oxygen atoms in total. The van der Waals surface area contributed by atoms with Crippen molar-refractivity contribution in [1.82, 2.24) is 14.4 Å². The maximum Gasteiger partial charge on any atom is 0.193 e. The van der Waals surface area contributed by atoms with Crippen LogP contribution in [0.2, 0.25) is 0 Å². The third-order valence-corrected chi connectivity index (χ3v) is 3.50. The van der Waals surface area contributed by atoms with Gasteiger partial charge in [-0.3, -0.25) is 9.38 Å². The summed E-state index contributed by atoms with van der Waals surface area (Å²) in [6.45, 7) is 1.06. The molecule has 0 aliphatic rings. The number of rotatable bonds is 5. The van der Waals surface area contributed by atoms with Gasteiger partial charge in [0.05, 0.1) is 11.9 Å². The van der Waals surface area contributed by atoms with Crippen LogP contribution in [0.5, 0.6) is 5.75 Å². The van der Waals surface area contributed by atoms with Crippen LogP contribution in [0, 0.1) is 0 Å². The summed E-state index contributed by atoms with van der Waals surface area (Å²) in [6, 6.07) is 3.85. The number of nitrogens with zero attached hydrogens (tertiary/aromatic N) is 3. The van der Waals surface area contributed by atoms with Crippen molar-refractivity contribution in [2.45, 2.75) is 13.0 Å². The second-order valence-electron chi connectivity index (χ2n) is 4.14. The molecule has 0 aliphatic heterocycles. The standard InChI is InChI=1S/C13H14N4OS/c14-4-3-10-1-2-12(7-15-10)18-9-11-8-17-5-6-19-13(17)16-11/h1-2,5-8H,3-4,9,14H2. The molecule has 0 amide bonds. The van der Waals surface area contributed by atoms with Crippen LogP contribution >= 0.6 is 11.3 Å². The van der Waals surface area contributed by atoms with Gasteiger partial charge in [-0.25, -0.2) is 4.98 Å². The molecule has 3 rings (SSSR count). The molecule has 0 saturated heterocycles. The zero-order valence-electron chi connectivity index (χ0n) is 10.3. The third kappa shape index (κ3) is 2.74. The first-order chi connectivity index (χ1) is 9.35. The predicted molar refractivity (Wildman–Crippen MR) is 74.4 cm³/mol. The zero-order chi connectivity index (χ0) is 13.1. The number of imidazole rings is 1. The molecule has 0 atom stereocenters. The SMILES string of the molecule is NCCc1ccc(OCc2cn3ccsc3n2)cn1. The molecule has 0 fully saturated rings. The van der Waals surface area contributed by atoms with Gasteiger partial charge in [0.15, 0.2) is 4.96 Å². The fraction of sp³-hybridized carbons (Fsp3) is 0.231. The number of fused-ring (bicyclic) bond motifs is 1. The van der Waals surface area contributed by atoms with Gasteiger partial charge in [-0.05, 0) is 18.7 Å². The summed E-state index contributed by atoms with van der Waals surface area (Å²) in [7, 11) is 0. The Labute approximate surface area is 114 Å². The van der Waals surface area contributed by atoms with Crippen LogP contribution in [0.4, 0.5) is 0 Å². The number of ether oxygens (including phenoxy) is 1. The Balaban J connectivity index is 1.63. The highest BCUT2D eigenvalue weighted by molar-refractivity contribution is 7.15. The molecular formula is C13H14N4OS. The zero-order valence-corrected chi connectivity index (χ0v) is 11.1. The minimum absolute atomic E-state index is 0.451. The van der Waals surface area contributed by atoms with E-state index in [2.05, 4.69) is 9.97 Å². The number of pyridine rings is 1. The van der Waals surface area contributed by atoms with E-state index in [1.54, 1.807) is 17.5 Å². The first kappa shape index (κ1) is 12.1. The van der Waals surface area contributed by atoms with Crippen LogP contribution in [-0.2, 0) is 13.0 Å². The van der Waals surface area contributed by atoms with Gasteiger partial charge < -0.3 is 10.5 Å². The second kappa shape index (κ2) is 5.38. The Morgan fingerprint density at radius 3 is 3.00 bits per heavy atom. The third-order valence-electron chi connectivity index (χ3n) is 2.73. The van der Waals surface area contributed by atoms with Gasteiger partial charge in [0.25, 0.3) is 0 Å². The van der Waals surface area contributed by atoms with Crippen molar-refractivity contribution in [3.05, 3.63) is 47.5 Å². The molecule has 0 spiro atoms. The largest absolute Gasteiger partial charge is 0.486 e. The Morgan fingerprint density at radius 1 is 1.32 bits per heavy atom. The van der Waals surface area contributed by atoms with E-state index in [4.69, 9.17) is 10.5 Å². The fourth-order valence-electron chi connectivity index (χ4n) is 1.79. The molecule has 0 aromatic carbocycles. The van der Waals surface area contributed by atoms with Crippen LogP contribution in [0.15, 0.2) is 36.1 Å². The van der Waals surface area contributed by atoms with E-state index < -0.39 is 0 Å². The lowest BCUT2D eigenvalue weighted by Crippen LogP contribution is -2.04. The first-order valence-corrected chi connectivity index (χ1v) is 6.92. The second-order valence-corrected chi connectivity index (χ2v) is 5.01. The predicted octanol–water partition coefficient (Wildman–Crippen LogP) is 1.87. The van der Waals surface area contributed by atoms with Crippen molar-refractivity contribution < 1.29 is 4.74 Å². The van der Waals surface area contributed by atoms with Crippen molar-refractivity contribution >= 4 is 16.3 Å². The van der Waals surface area contributed by atoms with Gasteiger partial charge in [0.2, 0.25) is 0 Å². The summed E-state index contributed by atoms with van der Waals surface area (Å²) >= 11 is 1.61. The summed E-state index contributed by atoms with van der Waals surface area (Å²) in [5.74, 6) is 0.747. The van der Waals surface area contributed by atoms with E-state index in [1.165, 1.54) is 0 Å². The summed E-state index contributed by atoms with van der Waals surface area (Å²) in [5.41, 5.74) is 7.38. The van der Waals surface area contributed by atoms with Crippen LogP contribution in [0.25, 0.3) is 4.96 Å². The molecule has 0 aliphatic carbocycles. The molecule has 0 unspecified atom stereocenters. The van der Waals surface area contributed by atoms with Crippen molar-refractivity contribution in [2.75, 3.05) is 6.54 Å². The highest BCUT2D eigenvalue weighted by Crippen LogP contribution is 2.14. The van der Waals surface area contributed by atoms with Crippen molar-refractivity contribution in [3.8, 4) is 5.75 Å². The van der Waals surface area contributed by atoms with Gasteiger partial charge in [-0.2, -0.15) is 0 Å². The van der Waals surface area contributed by atoms with Crippen molar-refractivity contribution in [2.24, 2.45) is 5.73 Å². The molecule has 0 bridgehead atoms. The first-order valence-electron chi connectivity index (χ1n) is 6.04. The van der Waals surface area contributed by atoms with Gasteiger partial charge in [0.1, 0.15) is 12.4 Å². The topological polar surface area (TPSA) is 65.4 Å². The number of nitrogens with two attached hydrogens (primary N) is 1. The minimum atomic E-state index is 0.451. The van der Waals surface area contributed by atoms with E-state index >= 15 is 0 Å². The Bertz CT molecular complexity index is 630. The van der Waals surface area contributed by atoms with Crippen molar-refractivity contribution in [3.63, 3.8) is 0 Å². The number of hydrogen-bond acceptors (Lipinski definition) is 5. The molecule has 0 saturated carbocycles. The Morgan fingerprint density at radius 2 is 2.26 bits per heavy atom. The lowest BCUT2D eigenvalue weighted by molar-refractivity contribution is 0.300. The molecule has 3 aromatic rings. The van der Waals surface area contributed by atoms with Crippen LogP contribution in [-0.4, -0.2) is 20.9 Å². The van der Waals surface area contributed by atoms with Crippen LogP contribution < -0.4 is 10.5 Å². The van der Waals surface area contributed by atoms with Gasteiger partial charge in [-0.15, -0.1) is 11.3 Å². The van der Waals surface area contributed by atoms with Crippen LogP contribution in [0.1, 0.15) is 11.4 Å². The molecule has 19 heavy (non-hydrogen) atoms. The Kier molecular flexibility index (Phi) is 3.43. The van der Waals surface area contributed by atoms with Crippen LogP contribution in [0.3, 0.4) is 0 Å². The number of aromatic nitrogens is 3. The Hall–Kier alpha value is -1.92. The van der Waals surface area contributed by atoms with Gasteiger partial charge >= 0.3 is 0 Å². The summed E-state index contributed by atoms with van der Waals surface area (Å²) in [6.07, 6.45) is 6.47. The average Bonchev–Trinajstić information content (AvgIpc) is 2.99. The monoisotopic (exact) mass is 274 g/mol. The molecule has 3 heterocycles. The molecular weight excluding hydrogens is 260 g/mol. The number of hydrogen-bond donors (Lipinski definition) is 1. The number of thiazole rings is 1. The maximum atomic E-state index is 5.66. The quantitative estimate of drug-likeness (QED) is 0.771. The highest BCUT2D eigenvalue weighted by atomic mass is 32.1. The average molecular weight is 274 g/mol. The van der Waals surface area contributed by atoms with Gasteiger partial charge in [0, 0.05) is 29.9 Å². The molecule has 3 aromatic heterocycles.